The Bertz CT molecular complexity index is 2590. The van der Waals surface area contributed by atoms with E-state index in [9.17, 15) is 24.3 Å². The molecule has 3 aromatic heterocycles. The molecule has 3 aliphatic carbocycles. The molecule has 418 valence electrons. The molecule has 4 heterocycles. The van der Waals surface area contributed by atoms with Crippen LogP contribution in [0, 0.1) is 16.7 Å². The molecule has 0 radical (unpaired) electrons. The topological polar surface area (TPSA) is 239 Å². The second-order valence-electron chi connectivity index (χ2n) is 23.0. The highest BCUT2D eigenvalue weighted by Crippen LogP contribution is 2.65. The van der Waals surface area contributed by atoms with Crippen molar-refractivity contribution in [2.24, 2.45) is 16.7 Å². The molecule has 0 unspecified atom stereocenters. The number of furan rings is 3. The molecule has 7 rings (SSSR count). The van der Waals surface area contributed by atoms with Crippen molar-refractivity contribution in [3.8, 4) is 0 Å². The minimum atomic E-state index is -3.10. The minimum Gasteiger partial charge on any atom is -0.472 e. The number of aliphatic hydroxyl groups is 1. The first-order chi connectivity index (χ1) is 35.7. The monoisotopic (exact) mass is 1090 g/mol. The van der Waals surface area contributed by atoms with Crippen LogP contribution in [0.3, 0.4) is 0 Å². The molecule has 11 atom stereocenters. The maximum atomic E-state index is 16.6. The van der Waals surface area contributed by atoms with Crippen LogP contribution in [0.2, 0.25) is 34.8 Å². The standard InChI is InChI=1S/C56H79NO17Si2/c1-16-75(17-2,18-3)73-41-27-42-55(30-68-42,72-36(12)59)47-49(71-51(62)37-23-26-65-29-37)56(64)28-40(34(10)43(53(56,13)14)45(69-35(11)58)48(60)54(41,47)15)70-52(63)46(74-76(31(4)5,32(6)7)33(8)9)44(38-21-19-24-66-38)57-50(61)39-22-20-25-67-39/h19-26,29,31-33,40-42,44-47,49,64H,16-18,27-28,30H2,1-15H3,(H,57,61)/t40-,41-,42+,44-,45+,46+,47-,49-,54+,55-,56+/m0/s1. The zero-order valence-corrected chi connectivity index (χ0v) is 48.8. The van der Waals surface area contributed by atoms with E-state index in [2.05, 4.69) is 5.32 Å². The van der Waals surface area contributed by atoms with Crippen molar-refractivity contribution in [1.29, 1.82) is 0 Å². The van der Waals surface area contributed by atoms with Gasteiger partial charge in [0, 0.05) is 32.1 Å². The second kappa shape index (κ2) is 22.0. The Morgan fingerprint density at radius 3 is 1.97 bits per heavy atom. The van der Waals surface area contributed by atoms with E-state index in [0.29, 0.717) is 18.1 Å². The summed E-state index contributed by atoms with van der Waals surface area (Å²) in [6, 6.07) is 8.37. The number of esters is 4. The number of rotatable bonds is 20. The van der Waals surface area contributed by atoms with E-state index in [4.69, 9.17) is 45.8 Å². The summed E-state index contributed by atoms with van der Waals surface area (Å²) in [5, 5.41) is 17.3. The number of ketones is 1. The van der Waals surface area contributed by atoms with Gasteiger partial charge in [0.25, 0.3) is 5.91 Å². The molecule has 0 aromatic carbocycles. The number of carbonyl (C=O) groups is 6. The fourth-order valence-corrected chi connectivity index (χ4v) is 22.2. The second-order valence-corrected chi connectivity index (χ2v) is 33.1. The van der Waals surface area contributed by atoms with Gasteiger partial charge in [0.05, 0.1) is 48.4 Å². The van der Waals surface area contributed by atoms with Gasteiger partial charge in [-0.2, -0.15) is 0 Å². The average Bonchev–Trinajstić information content (AvgIpc) is 4.22. The Morgan fingerprint density at radius 2 is 1.47 bits per heavy atom. The van der Waals surface area contributed by atoms with Gasteiger partial charge in [-0.25, -0.2) is 9.59 Å². The molecule has 20 heteroatoms. The lowest BCUT2D eigenvalue weighted by Gasteiger charge is -2.68. The highest BCUT2D eigenvalue weighted by atomic mass is 28.4. The third kappa shape index (κ3) is 9.81. The molecule has 2 N–H and O–H groups in total. The van der Waals surface area contributed by atoms with Crippen LogP contribution < -0.4 is 5.32 Å². The van der Waals surface area contributed by atoms with Crippen molar-refractivity contribution in [1.82, 2.24) is 5.32 Å². The van der Waals surface area contributed by atoms with Crippen molar-refractivity contribution in [3.63, 3.8) is 0 Å². The SMILES string of the molecule is CC[Si](CC)(CC)O[C@H]1C[C@H]2OC[C@@]2(OC(C)=O)[C@H]2[C@H](OC(=O)c3ccoc3)[C@]3(O)C[C@H](OC(=O)[C@H](O[Si](C(C)C)(C(C)C)C(C)C)[C@@H](NC(=O)c4ccco4)c4ccco4)C(C)=C([C@@H](OC(C)=O)C(=O)[C@]12C)C3(C)C. The van der Waals surface area contributed by atoms with E-state index in [1.165, 1.54) is 51.0 Å². The molecule has 76 heavy (non-hydrogen) atoms. The van der Waals surface area contributed by atoms with E-state index in [-0.39, 0.29) is 57.9 Å². The summed E-state index contributed by atoms with van der Waals surface area (Å²) in [7, 11) is -5.77. The zero-order chi connectivity index (χ0) is 56.1. The fraction of sp³-hybridized carbons (Fsp3) is 0.643. The first kappa shape index (κ1) is 58.6. The number of carbonyl (C=O) groups excluding carboxylic acids is 6. The predicted octanol–water partition coefficient (Wildman–Crippen LogP) is 9.74. The Morgan fingerprint density at radius 1 is 0.842 bits per heavy atom. The molecule has 1 saturated heterocycles. The van der Waals surface area contributed by atoms with Gasteiger partial charge in [0.15, 0.2) is 37.7 Å². The summed E-state index contributed by atoms with van der Waals surface area (Å²) in [5.74, 6) is -6.12. The number of Topliss-reactive ketones (excluding diaryl/α,β-unsaturated/α-hetero) is 1. The van der Waals surface area contributed by atoms with E-state index in [0.717, 1.165) is 0 Å². The average molecular weight is 1090 g/mol. The van der Waals surface area contributed by atoms with Crippen molar-refractivity contribution < 1.29 is 79.7 Å². The van der Waals surface area contributed by atoms with Crippen LogP contribution >= 0.6 is 0 Å². The van der Waals surface area contributed by atoms with Crippen LogP contribution in [0.15, 0.2) is 79.8 Å². The van der Waals surface area contributed by atoms with Crippen LogP contribution in [0.4, 0.5) is 0 Å². The van der Waals surface area contributed by atoms with Crippen molar-refractivity contribution in [2.45, 2.75) is 205 Å². The summed E-state index contributed by atoms with van der Waals surface area (Å²) < 4.78 is 63.8. The van der Waals surface area contributed by atoms with Crippen LogP contribution in [0.25, 0.3) is 0 Å². The van der Waals surface area contributed by atoms with Gasteiger partial charge >= 0.3 is 23.9 Å². The maximum absolute atomic E-state index is 16.6. The van der Waals surface area contributed by atoms with Crippen molar-refractivity contribution >= 4 is 52.2 Å². The molecule has 4 aliphatic rings. The van der Waals surface area contributed by atoms with Crippen LogP contribution in [0.5, 0.6) is 0 Å². The van der Waals surface area contributed by atoms with Crippen LogP contribution in [0.1, 0.15) is 149 Å². The van der Waals surface area contributed by atoms with Gasteiger partial charge < -0.3 is 56.2 Å². The third-order valence-corrected chi connectivity index (χ3v) is 28.7. The number of ether oxygens (including phenoxy) is 5. The van der Waals surface area contributed by atoms with Gasteiger partial charge in [-0.05, 0) is 90.1 Å². The highest BCUT2D eigenvalue weighted by Gasteiger charge is 2.79. The molecule has 2 saturated carbocycles. The lowest BCUT2D eigenvalue weighted by Crippen LogP contribution is -2.82. The predicted molar refractivity (Wildman–Crippen MR) is 280 cm³/mol. The number of amides is 1. The molecule has 18 nitrogen and oxygen atoms in total. The van der Waals surface area contributed by atoms with Crippen LogP contribution in [-0.4, -0.2) is 112 Å². The molecule has 2 bridgehead atoms. The Kier molecular flexibility index (Phi) is 16.9. The Hall–Kier alpha value is -5.13. The van der Waals surface area contributed by atoms with E-state index < -0.39 is 129 Å². The molecule has 0 spiro atoms. The lowest BCUT2D eigenvalue weighted by atomic mass is 9.44. The Labute approximate surface area is 447 Å². The molecular weight excluding hydrogens is 1010 g/mol. The molecule has 1 aliphatic heterocycles. The number of nitrogens with one attached hydrogen (secondary N) is 1. The minimum absolute atomic E-state index is 0.0189. The van der Waals surface area contributed by atoms with Gasteiger partial charge in [0.1, 0.15) is 42.0 Å². The molecule has 1 amide bonds. The van der Waals surface area contributed by atoms with Crippen molar-refractivity contribution in [3.05, 3.63) is 83.6 Å². The Balaban J connectivity index is 1.50. The van der Waals surface area contributed by atoms with E-state index in [1.54, 1.807) is 45.9 Å². The third-order valence-electron chi connectivity index (χ3n) is 17.9. The number of fused-ring (bicyclic) bond motifs is 5. The van der Waals surface area contributed by atoms with Gasteiger partial charge in [0.2, 0.25) is 8.32 Å². The number of hydrogen-bond acceptors (Lipinski definition) is 17. The fourth-order valence-electron chi connectivity index (χ4n) is 13.7. The van der Waals surface area contributed by atoms with E-state index >= 15 is 9.59 Å². The number of hydrogen-bond donors (Lipinski definition) is 2. The quantitative estimate of drug-likeness (QED) is 0.0463. The largest absolute Gasteiger partial charge is 0.472 e. The molecule has 3 fully saturated rings. The first-order valence-corrected chi connectivity index (χ1v) is 31.5. The lowest BCUT2D eigenvalue weighted by molar-refractivity contribution is -0.344. The summed E-state index contributed by atoms with van der Waals surface area (Å²) in [4.78, 5) is 88.3. The van der Waals surface area contributed by atoms with E-state index in [1.807, 2.05) is 62.3 Å². The zero-order valence-electron chi connectivity index (χ0n) is 46.8. The first-order valence-electron chi connectivity index (χ1n) is 26.8. The smallest absolute Gasteiger partial charge is 0.341 e. The summed E-state index contributed by atoms with van der Waals surface area (Å²) in [5.41, 5.74) is -7.50. The van der Waals surface area contributed by atoms with Gasteiger partial charge in [-0.1, -0.05) is 76.2 Å². The van der Waals surface area contributed by atoms with Crippen LogP contribution in [-0.2, 0) is 51.7 Å². The molecular formula is C56H79NO17Si2. The maximum Gasteiger partial charge on any atom is 0.341 e. The highest BCUT2D eigenvalue weighted by molar-refractivity contribution is 6.77. The molecule has 3 aromatic rings. The van der Waals surface area contributed by atoms with Crippen molar-refractivity contribution in [2.75, 3.05) is 6.61 Å². The summed E-state index contributed by atoms with van der Waals surface area (Å²) in [6.07, 6.45) is -3.70. The summed E-state index contributed by atoms with van der Waals surface area (Å²) in [6.45, 7) is 27.1. The van der Waals surface area contributed by atoms with Gasteiger partial charge in [-0.3, -0.25) is 19.2 Å². The normalized spacial score (nSPS) is 29.1. The van der Waals surface area contributed by atoms with Gasteiger partial charge in [-0.15, -0.1) is 0 Å². The summed E-state index contributed by atoms with van der Waals surface area (Å²) >= 11 is 0.